The van der Waals surface area contributed by atoms with Crippen molar-refractivity contribution in [1.82, 2.24) is 9.97 Å². The molecule has 2 aromatic rings. The molecule has 0 aliphatic carbocycles. The Morgan fingerprint density at radius 3 is 2.79 bits per heavy atom. The number of hydrogen-bond donors (Lipinski definition) is 0. The van der Waals surface area contributed by atoms with E-state index in [0.29, 0.717) is 28.5 Å². The number of rotatable bonds is 3. The molecule has 98 valence electrons. The van der Waals surface area contributed by atoms with Gasteiger partial charge in [0.05, 0.1) is 12.2 Å². The van der Waals surface area contributed by atoms with Crippen LogP contribution < -0.4 is 0 Å². The average molecular weight is 297 g/mol. The van der Waals surface area contributed by atoms with Crippen molar-refractivity contribution < 1.29 is 9.53 Å². The highest BCUT2D eigenvalue weighted by Gasteiger charge is 2.11. The zero-order valence-electron chi connectivity index (χ0n) is 10.1. The Balaban J connectivity index is 2.40. The third-order valence-corrected chi connectivity index (χ3v) is 2.87. The molecule has 0 aliphatic rings. The lowest BCUT2D eigenvalue weighted by Crippen LogP contribution is -2.05. The van der Waals surface area contributed by atoms with Gasteiger partial charge in [0.1, 0.15) is 10.3 Å². The Morgan fingerprint density at radius 2 is 2.11 bits per heavy atom. The van der Waals surface area contributed by atoms with Gasteiger partial charge in [-0.15, -0.1) is 0 Å². The van der Waals surface area contributed by atoms with Crippen LogP contribution in [0, 0.1) is 0 Å². The van der Waals surface area contributed by atoms with Crippen LogP contribution in [-0.4, -0.2) is 22.5 Å². The fourth-order valence-corrected chi connectivity index (χ4v) is 1.99. The number of halogens is 2. The number of nitrogens with zero attached hydrogens (tertiary/aromatic N) is 2. The molecule has 0 amide bonds. The molecular formula is C13H10Cl2N2O2. The molecule has 0 fully saturated rings. The monoisotopic (exact) mass is 296 g/mol. The molecular weight excluding hydrogens is 287 g/mol. The summed E-state index contributed by atoms with van der Waals surface area (Å²) in [5.74, 6) is -0.421. The van der Waals surface area contributed by atoms with Crippen molar-refractivity contribution in [2.75, 3.05) is 6.61 Å². The fraction of sp³-hybridized carbons (Fsp3) is 0.154. The minimum absolute atomic E-state index is 0.260. The molecule has 0 spiro atoms. The molecule has 0 saturated carbocycles. The number of pyridine rings is 2. The number of hydrogen-bond acceptors (Lipinski definition) is 4. The smallest absolute Gasteiger partial charge is 0.339 e. The van der Waals surface area contributed by atoms with Crippen LogP contribution in [0.15, 0.2) is 30.6 Å². The molecule has 0 aromatic carbocycles. The fourth-order valence-electron chi connectivity index (χ4n) is 1.54. The van der Waals surface area contributed by atoms with E-state index in [1.54, 1.807) is 31.3 Å². The van der Waals surface area contributed by atoms with Gasteiger partial charge in [-0.3, -0.25) is 4.98 Å². The summed E-state index contributed by atoms with van der Waals surface area (Å²) in [6.07, 6.45) is 3.04. The second-order valence-electron chi connectivity index (χ2n) is 3.66. The number of carbonyl (C=O) groups excluding carboxylic acids is 1. The first-order valence-electron chi connectivity index (χ1n) is 5.56. The Hall–Kier alpha value is -1.65. The number of carbonyl (C=O) groups is 1. The third kappa shape index (κ3) is 3.22. The van der Waals surface area contributed by atoms with Gasteiger partial charge in [-0.05, 0) is 25.1 Å². The highest BCUT2D eigenvalue weighted by molar-refractivity contribution is 6.34. The maximum absolute atomic E-state index is 11.6. The average Bonchev–Trinajstić information content (AvgIpc) is 2.39. The van der Waals surface area contributed by atoms with Crippen LogP contribution >= 0.6 is 23.2 Å². The number of esters is 1. The van der Waals surface area contributed by atoms with Crippen LogP contribution in [0.1, 0.15) is 17.3 Å². The summed E-state index contributed by atoms with van der Waals surface area (Å²) in [6.45, 7) is 2.06. The maximum atomic E-state index is 11.6. The van der Waals surface area contributed by atoms with E-state index in [1.807, 2.05) is 0 Å². The molecule has 2 rings (SSSR count). The van der Waals surface area contributed by atoms with E-state index in [1.165, 1.54) is 6.20 Å². The van der Waals surface area contributed by atoms with E-state index in [4.69, 9.17) is 27.9 Å². The van der Waals surface area contributed by atoms with Gasteiger partial charge in [-0.1, -0.05) is 23.2 Å². The van der Waals surface area contributed by atoms with Crippen molar-refractivity contribution in [3.05, 3.63) is 46.5 Å². The minimum Gasteiger partial charge on any atom is -0.462 e. The van der Waals surface area contributed by atoms with Crippen molar-refractivity contribution in [1.29, 1.82) is 0 Å². The zero-order valence-corrected chi connectivity index (χ0v) is 11.6. The van der Waals surface area contributed by atoms with Crippen molar-refractivity contribution in [2.45, 2.75) is 6.92 Å². The van der Waals surface area contributed by atoms with E-state index in [9.17, 15) is 4.79 Å². The van der Waals surface area contributed by atoms with Crippen LogP contribution in [0.5, 0.6) is 0 Å². The lowest BCUT2D eigenvalue weighted by atomic mass is 10.1. The minimum atomic E-state index is -0.421. The third-order valence-electron chi connectivity index (χ3n) is 2.38. The van der Waals surface area contributed by atoms with E-state index in [2.05, 4.69) is 9.97 Å². The standard InChI is InChI=1S/C13H10Cl2N2O2/c1-2-19-13(18)9-5-8(6-16-7-9)10-3-4-11(14)17-12(10)15/h3-7H,2H2,1H3. The van der Waals surface area contributed by atoms with Crippen LogP contribution in [0.25, 0.3) is 11.1 Å². The van der Waals surface area contributed by atoms with Crippen molar-refractivity contribution >= 4 is 29.2 Å². The van der Waals surface area contributed by atoms with Crippen LogP contribution in [0.2, 0.25) is 10.3 Å². The molecule has 0 aliphatic heterocycles. The second kappa shape index (κ2) is 5.99. The highest BCUT2D eigenvalue weighted by Crippen LogP contribution is 2.27. The molecule has 19 heavy (non-hydrogen) atoms. The van der Waals surface area contributed by atoms with Gasteiger partial charge < -0.3 is 4.74 Å². The summed E-state index contributed by atoms with van der Waals surface area (Å²) in [7, 11) is 0. The summed E-state index contributed by atoms with van der Waals surface area (Å²) < 4.78 is 4.92. The lowest BCUT2D eigenvalue weighted by Gasteiger charge is -2.06. The van der Waals surface area contributed by atoms with Gasteiger partial charge >= 0.3 is 5.97 Å². The van der Waals surface area contributed by atoms with E-state index in [0.717, 1.165) is 0 Å². The SMILES string of the molecule is CCOC(=O)c1cncc(-c2ccc(Cl)nc2Cl)c1. The number of aromatic nitrogens is 2. The Kier molecular flexibility index (Phi) is 4.35. The summed E-state index contributed by atoms with van der Waals surface area (Å²) in [6, 6.07) is 5.01. The first kappa shape index (κ1) is 13.8. The van der Waals surface area contributed by atoms with Crippen molar-refractivity contribution in [3.63, 3.8) is 0 Å². The van der Waals surface area contributed by atoms with E-state index >= 15 is 0 Å². The van der Waals surface area contributed by atoms with Gasteiger partial charge in [0.25, 0.3) is 0 Å². The molecule has 0 unspecified atom stereocenters. The zero-order chi connectivity index (χ0) is 13.8. The first-order chi connectivity index (χ1) is 9.11. The van der Waals surface area contributed by atoms with E-state index < -0.39 is 5.97 Å². The van der Waals surface area contributed by atoms with Gasteiger partial charge in [-0.2, -0.15) is 0 Å². The van der Waals surface area contributed by atoms with Gasteiger partial charge in [0.2, 0.25) is 0 Å². The molecule has 4 nitrogen and oxygen atoms in total. The summed E-state index contributed by atoms with van der Waals surface area (Å²) >= 11 is 11.8. The van der Waals surface area contributed by atoms with Gasteiger partial charge in [0, 0.05) is 23.5 Å². The first-order valence-corrected chi connectivity index (χ1v) is 6.32. The van der Waals surface area contributed by atoms with Crippen molar-refractivity contribution in [2.24, 2.45) is 0 Å². The molecule has 0 radical (unpaired) electrons. The lowest BCUT2D eigenvalue weighted by molar-refractivity contribution is 0.0526. The molecule has 0 atom stereocenters. The van der Waals surface area contributed by atoms with Crippen LogP contribution in [0.3, 0.4) is 0 Å². The van der Waals surface area contributed by atoms with E-state index in [-0.39, 0.29) is 5.15 Å². The molecule has 0 saturated heterocycles. The second-order valence-corrected chi connectivity index (χ2v) is 4.40. The maximum Gasteiger partial charge on any atom is 0.339 e. The molecule has 6 heteroatoms. The number of ether oxygens (including phenoxy) is 1. The van der Waals surface area contributed by atoms with Gasteiger partial charge in [-0.25, -0.2) is 9.78 Å². The Morgan fingerprint density at radius 1 is 1.32 bits per heavy atom. The predicted octanol–water partition coefficient (Wildman–Crippen LogP) is 3.63. The van der Waals surface area contributed by atoms with Crippen LogP contribution in [0.4, 0.5) is 0 Å². The largest absolute Gasteiger partial charge is 0.462 e. The molecule has 2 aromatic heterocycles. The topological polar surface area (TPSA) is 52.1 Å². The Labute approximate surface area is 120 Å². The molecule has 2 heterocycles. The van der Waals surface area contributed by atoms with Crippen molar-refractivity contribution in [3.8, 4) is 11.1 Å². The summed E-state index contributed by atoms with van der Waals surface area (Å²) in [4.78, 5) is 19.6. The Bertz CT molecular complexity index is 617. The summed E-state index contributed by atoms with van der Waals surface area (Å²) in [5.41, 5.74) is 1.70. The summed E-state index contributed by atoms with van der Waals surface area (Å²) in [5, 5.41) is 0.568. The molecule has 0 N–H and O–H groups in total. The predicted molar refractivity (Wildman–Crippen MR) is 73.4 cm³/mol. The van der Waals surface area contributed by atoms with Gasteiger partial charge in [0.15, 0.2) is 0 Å². The quantitative estimate of drug-likeness (QED) is 0.641. The normalized spacial score (nSPS) is 10.3. The highest BCUT2D eigenvalue weighted by atomic mass is 35.5. The van der Waals surface area contributed by atoms with Crippen LogP contribution in [-0.2, 0) is 4.74 Å². The molecule has 0 bridgehead atoms.